The van der Waals surface area contributed by atoms with Crippen molar-refractivity contribution < 1.29 is 14.4 Å². The fourth-order valence-electron chi connectivity index (χ4n) is 1.03. The number of carbonyl (C=O) groups is 2. The highest BCUT2D eigenvalue weighted by atomic mass is 16.6. The molecule has 0 unspecified atom stereocenters. The quantitative estimate of drug-likeness (QED) is 0.465. The number of hydrazine groups is 1. The average molecular weight is 185 g/mol. The molecule has 1 fully saturated rings. The van der Waals surface area contributed by atoms with Gasteiger partial charge in [0, 0.05) is 13.0 Å². The van der Waals surface area contributed by atoms with Gasteiger partial charge in [-0.25, -0.2) is 0 Å². The molecule has 0 aromatic heterocycles. The maximum atomic E-state index is 11.0. The summed E-state index contributed by atoms with van der Waals surface area (Å²) in [6.07, 6.45) is 2.24. The van der Waals surface area contributed by atoms with E-state index in [9.17, 15) is 9.59 Å². The van der Waals surface area contributed by atoms with Gasteiger partial charge in [0.2, 0.25) is 5.91 Å². The predicted octanol–water partition coefficient (Wildman–Crippen LogP) is -0.728. The Labute approximate surface area is 75.5 Å². The van der Waals surface area contributed by atoms with E-state index in [0.29, 0.717) is 13.0 Å². The Balaban J connectivity index is 2.35. The van der Waals surface area contributed by atoms with Gasteiger partial charge in [0.05, 0.1) is 0 Å². The summed E-state index contributed by atoms with van der Waals surface area (Å²) < 4.78 is 0. The van der Waals surface area contributed by atoms with Crippen LogP contribution in [0.15, 0.2) is 5.16 Å². The van der Waals surface area contributed by atoms with Crippen LogP contribution >= 0.6 is 0 Å². The van der Waals surface area contributed by atoms with Gasteiger partial charge in [-0.05, 0) is 6.42 Å². The van der Waals surface area contributed by atoms with Gasteiger partial charge < -0.3 is 4.84 Å². The molecule has 6 nitrogen and oxygen atoms in total. The second-order valence-corrected chi connectivity index (χ2v) is 2.54. The van der Waals surface area contributed by atoms with E-state index in [-0.39, 0.29) is 5.91 Å². The minimum absolute atomic E-state index is 0.0702. The standard InChI is InChI=1S/C7H11N3O3/c1-13-8-5-6(11)9-10-4-2-3-7(10)12/h5H,2-4H2,1H3,(H,9,11)/b8-5+. The van der Waals surface area contributed by atoms with Crippen LogP contribution in [0.4, 0.5) is 0 Å². The fourth-order valence-corrected chi connectivity index (χ4v) is 1.03. The molecule has 1 aliphatic rings. The van der Waals surface area contributed by atoms with E-state index in [4.69, 9.17) is 0 Å². The van der Waals surface area contributed by atoms with Gasteiger partial charge >= 0.3 is 0 Å². The van der Waals surface area contributed by atoms with E-state index in [0.717, 1.165) is 12.6 Å². The molecule has 1 saturated heterocycles. The van der Waals surface area contributed by atoms with Crippen LogP contribution in [0, 0.1) is 0 Å². The van der Waals surface area contributed by atoms with Crippen molar-refractivity contribution in [2.45, 2.75) is 12.8 Å². The van der Waals surface area contributed by atoms with Crippen molar-refractivity contribution in [3.63, 3.8) is 0 Å². The van der Waals surface area contributed by atoms with Crippen molar-refractivity contribution in [3.8, 4) is 0 Å². The van der Waals surface area contributed by atoms with Crippen LogP contribution < -0.4 is 5.43 Å². The van der Waals surface area contributed by atoms with Crippen LogP contribution in [0.3, 0.4) is 0 Å². The van der Waals surface area contributed by atoms with Crippen LogP contribution in [0.5, 0.6) is 0 Å². The summed E-state index contributed by atoms with van der Waals surface area (Å²) >= 11 is 0. The Morgan fingerprint density at radius 1 is 1.77 bits per heavy atom. The minimum Gasteiger partial charge on any atom is -0.399 e. The molecule has 0 atom stereocenters. The Kier molecular flexibility index (Phi) is 3.24. The highest BCUT2D eigenvalue weighted by Gasteiger charge is 2.21. The number of nitrogens with one attached hydrogen (secondary N) is 1. The molecular weight excluding hydrogens is 174 g/mol. The third-order valence-electron chi connectivity index (χ3n) is 1.59. The van der Waals surface area contributed by atoms with E-state index in [1.807, 2.05) is 0 Å². The number of rotatable bonds is 3. The second kappa shape index (κ2) is 4.44. The van der Waals surface area contributed by atoms with Crippen molar-refractivity contribution in [3.05, 3.63) is 0 Å². The van der Waals surface area contributed by atoms with Crippen LogP contribution in [0.2, 0.25) is 0 Å². The zero-order valence-corrected chi connectivity index (χ0v) is 7.32. The summed E-state index contributed by atoms with van der Waals surface area (Å²) in [5.74, 6) is -0.531. The first kappa shape index (κ1) is 9.50. The lowest BCUT2D eigenvalue weighted by Gasteiger charge is -2.14. The maximum absolute atomic E-state index is 11.0. The Bertz CT molecular complexity index is 239. The van der Waals surface area contributed by atoms with Crippen LogP contribution in [0.25, 0.3) is 0 Å². The lowest BCUT2D eigenvalue weighted by atomic mass is 10.4. The number of hydrogen-bond donors (Lipinski definition) is 1. The van der Waals surface area contributed by atoms with Crippen molar-refractivity contribution in [1.82, 2.24) is 10.4 Å². The zero-order valence-electron chi connectivity index (χ0n) is 7.32. The number of carbonyl (C=O) groups excluding carboxylic acids is 2. The molecule has 1 heterocycles. The minimum atomic E-state index is -0.461. The summed E-state index contributed by atoms with van der Waals surface area (Å²) in [7, 11) is 1.34. The van der Waals surface area contributed by atoms with Gasteiger partial charge in [-0.2, -0.15) is 0 Å². The van der Waals surface area contributed by atoms with Crippen LogP contribution in [-0.4, -0.2) is 36.7 Å². The third-order valence-corrected chi connectivity index (χ3v) is 1.59. The highest BCUT2D eigenvalue weighted by Crippen LogP contribution is 2.05. The van der Waals surface area contributed by atoms with Crippen molar-refractivity contribution in [1.29, 1.82) is 0 Å². The van der Waals surface area contributed by atoms with E-state index in [1.165, 1.54) is 12.1 Å². The molecule has 13 heavy (non-hydrogen) atoms. The number of hydrogen-bond acceptors (Lipinski definition) is 4. The topological polar surface area (TPSA) is 71.0 Å². The van der Waals surface area contributed by atoms with Gasteiger partial charge in [0.25, 0.3) is 5.91 Å². The largest absolute Gasteiger partial charge is 0.399 e. The van der Waals surface area contributed by atoms with Gasteiger partial charge in [-0.3, -0.25) is 20.0 Å². The van der Waals surface area contributed by atoms with Crippen molar-refractivity contribution in [2.75, 3.05) is 13.7 Å². The molecule has 0 radical (unpaired) electrons. The molecule has 1 N–H and O–H groups in total. The van der Waals surface area contributed by atoms with Gasteiger partial charge in [-0.15, -0.1) is 0 Å². The first-order chi connectivity index (χ1) is 6.24. The fraction of sp³-hybridized carbons (Fsp3) is 0.571. The second-order valence-electron chi connectivity index (χ2n) is 2.54. The zero-order chi connectivity index (χ0) is 9.68. The van der Waals surface area contributed by atoms with Gasteiger partial charge in [0.1, 0.15) is 13.3 Å². The third kappa shape index (κ3) is 2.73. The number of nitrogens with zero attached hydrogens (tertiary/aromatic N) is 2. The number of amides is 2. The SMILES string of the molecule is CO/N=C/C(=O)NN1CCCC1=O. The number of oxime groups is 1. The van der Waals surface area contributed by atoms with Gasteiger partial charge in [-0.1, -0.05) is 5.16 Å². The average Bonchev–Trinajstić information content (AvgIpc) is 2.48. The molecule has 72 valence electrons. The normalized spacial score (nSPS) is 16.7. The van der Waals surface area contributed by atoms with E-state index >= 15 is 0 Å². The molecule has 0 saturated carbocycles. The molecule has 0 bridgehead atoms. The molecule has 6 heteroatoms. The Morgan fingerprint density at radius 2 is 2.54 bits per heavy atom. The summed E-state index contributed by atoms with van der Waals surface area (Å²) in [4.78, 5) is 26.3. The smallest absolute Gasteiger partial charge is 0.284 e. The predicted molar refractivity (Wildman–Crippen MR) is 44.6 cm³/mol. The van der Waals surface area contributed by atoms with Crippen molar-refractivity contribution in [2.24, 2.45) is 5.16 Å². The Hall–Kier alpha value is -1.59. The molecule has 0 aromatic rings. The maximum Gasteiger partial charge on any atom is 0.284 e. The molecule has 0 aliphatic carbocycles. The summed E-state index contributed by atoms with van der Waals surface area (Å²) in [5, 5.41) is 4.55. The van der Waals surface area contributed by atoms with Crippen LogP contribution in [0.1, 0.15) is 12.8 Å². The van der Waals surface area contributed by atoms with Gasteiger partial charge in [0.15, 0.2) is 0 Å². The van der Waals surface area contributed by atoms with Crippen molar-refractivity contribution >= 4 is 18.0 Å². The van der Waals surface area contributed by atoms with E-state index < -0.39 is 5.91 Å². The monoisotopic (exact) mass is 185 g/mol. The molecule has 1 rings (SSSR count). The first-order valence-corrected chi connectivity index (χ1v) is 3.91. The summed E-state index contributed by atoms with van der Waals surface area (Å²) in [6.45, 7) is 0.561. The lowest BCUT2D eigenvalue weighted by Crippen LogP contribution is -2.43. The molecule has 0 spiro atoms. The first-order valence-electron chi connectivity index (χ1n) is 3.91. The molecule has 2 amide bonds. The molecular formula is C7H11N3O3. The highest BCUT2D eigenvalue weighted by molar-refractivity contribution is 6.26. The van der Waals surface area contributed by atoms with E-state index in [2.05, 4.69) is 15.4 Å². The molecule has 0 aromatic carbocycles. The molecule has 1 aliphatic heterocycles. The van der Waals surface area contributed by atoms with E-state index in [1.54, 1.807) is 0 Å². The lowest BCUT2D eigenvalue weighted by molar-refractivity contribution is -0.135. The summed E-state index contributed by atoms with van der Waals surface area (Å²) in [5.41, 5.74) is 2.38. The van der Waals surface area contributed by atoms with Crippen LogP contribution in [-0.2, 0) is 14.4 Å². The summed E-state index contributed by atoms with van der Waals surface area (Å²) in [6, 6.07) is 0. The Morgan fingerprint density at radius 3 is 3.08 bits per heavy atom.